The Balaban J connectivity index is 2.36. The largest absolute Gasteiger partial charge is 0.399 e. The van der Waals surface area contributed by atoms with Crippen molar-refractivity contribution in [2.75, 3.05) is 30.8 Å². The highest BCUT2D eigenvalue weighted by molar-refractivity contribution is 5.53. The SMILES string of the molecule is CCCCOCCNc1c(F)cc(N)cc1F. The van der Waals surface area contributed by atoms with Gasteiger partial charge < -0.3 is 15.8 Å². The first kappa shape index (κ1) is 13.7. The highest BCUT2D eigenvalue weighted by Gasteiger charge is 2.09. The molecular formula is C12H18F2N2O. The Bertz CT molecular complexity index is 335. The summed E-state index contributed by atoms with van der Waals surface area (Å²) < 4.78 is 31.9. The van der Waals surface area contributed by atoms with E-state index < -0.39 is 11.6 Å². The van der Waals surface area contributed by atoms with Crippen LogP contribution in [0.4, 0.5) is 20.2 Å². The van der Waals surface area contributed by atoms with Crippen LogP contribution in [0.5, 0.6) is 0 Å². The van der Waals surface area contributed by atoms with Gasteiger partial charge in [-0.3, -0.25) is 0 Å². The van der Waals surface area contributed by atoms with E-state index in [9.17, 15) is 8.78 Å². The zero-order valence-electron chi connectivity index (χ0n) is 9.93. The van der Waals surface area contributed by atoms with Crippen LogP contribution in [-0.2, 0) is 4.74 Å². The van der Waals surface area contributed by atoms with Crippen LogP contribution in [-0.4, -0.2) is 19.8 Å². The van der Waals surface area contributed by atoms with Crippen molar-refractivity contribution in [3.63, 3.8) is 0 Å². The Morgan fingerprint density at radius 1 is 1.24 bits per heavy atom. The number of hydrogen-bond donors (Lipinski definition) is 2. The van der Waals surface area contributed by atoms with E-state index >= 15 is 0 Å². The van der Waals surface area contributed by atoms with Crippen molar-refractivity contribution >= 4 is 11.4 Å². The summed E-state index contributed by atoms with van der Waals surface area (Å²) in [7, 11) is 0. The molecule has 0 aromatic heterocycles. The normalized spacial score (nSPS) is 10.5. The topological polar surface area (TPSA) is 47.3 Å². The monoisotopic (exact) mass is 244 g/mol. The van der Waals surface area contributed by atoms with Crippen LogP contribution >= 0.6 is 0 Å². The molecule has 0 heterocycles. The van der Waals surface area contributed by atoms with Crippen LogP contribution in [0.15, 0.2) is 12.1 Å². The summed E-state index contributed by atoms with van der Waals surface area (Å²) in [6, 6.07) is 2.17. The van der Waals surface area contributed by atoms with Crippen LogP contribution in [0, 0.1) is 11.6 Å². The fourth-order valence-corrected chi connectivity index (χ4v) is 1.36. The summed E-state index contributed by atoms with van der Waals surface area (Å²) in [6.07, 6.45) is 2.05. The highest BCUT2D eigenvalue weighted by atomic mass is 19.1. The zero-order valence-corrected chi connectivity index (χ0v) is 9.93. The number of benzene rings is 1. The minimum atomic E-state index is -0.684. The molecule has 0 saturated heterocycles. The minimum absolute atomic E-state index is 0.0738. The first-order valence-corrected chi connectivity index (χ1v) is 5.71. The van der Waals surface area contributed by atoms with E-state index in [-0.39, 0.29) is 11.4 Å². The van der Waals surface area contributed by atoms with E-state index in [1.54, 1.807) is 0 Å². The van der Waals surface area contributed by atoms with Gasteiger partial charge in [-0.05, 0) is 18.6 Å². The molecule has 0 aliphatic rings. The molecule has 0 aliphatic carbocycles. The molecule has 0 saturated carbocycles. The molecule has 0 fully saturated rings. The van der Waals surface area contributed by atoms with Gasteiger partial charge in [0.25, 0.3) is 0 Å². The summed E-state index contributed by atoms with van der Waals surface area (Å²) in [5, 5.41) is 2.65. The lowest BCUT2D eigenvalue weighted by Gasteiger charge is -2.09. The lowest BCUT2D eigenvalue weighted by Crippen LogP contribution is -2.12. The van der Waals surface area contributed by atoms with Crippen molar-refractivity contribution in [3.05, 3.63) is 23.8 Å². The summed E-state index contributed by atoms with van der Waals surface area (Å²) in [6.45, 7) is 3.52. The van der Waals surface area contributed by atoms with Gasteiger partial charge in [0.2, 0.25) is 0 Å². The third-order valence-corrected chi connectivity index (χ3v) is 2.25. The first-order valence-electron chi connectivity index (χ1n) is 5.71. The fourth-order valence-electron chi connectivity index (χ4n) is 1.36. The van der Waals surface area contributed by atoms with Crippen molar-refractivity contribution in [2.24, 2.45) is 0 Å². The Morgan fingerprint density at radius 2 is 1.88 bits per heavy atom. The number of anilines is 2. The van der Waals surface area contributed by atoms with Gasteiger partial charge in [-0.25, -0.2) is 8.78 Å². The Hall–Kier alpha value is -1.36. The average molecular weight is 244 g/mol. The molecule has 0 bridgehead atoms. The number of unbranched alkanes of at least 4 members (excludes halogenated alkanes) is 1. The van der Waals surface area contributed by atoms with Gasteiger partial charge in [-0.15, -0.1) is 0 Å². The number of halogens is 2. The molecule has 5 heteroatoms. The second-order valence-electron chi connectivity index (χ2n) is 3.75. The van der Waals surface area contributed by atoms with Crippen molar-refractivity contribution in [1.82, 2.24) is 0 Å². The van der Waals surface area contributed by atoms with Crippen LogP contribution in [0.1, 0.15) is 19.8 Å². The summed E-state index contributed by atoms with van der Waals surface area (Å²) in [5.41, 5.74) is 5.23. The van der Waals surface area contributed by atoms with E-state index in [2.05, 4.69) is 12.2 Å². The molecule has 3 N–H and O–H groups in total. The smallest absolute Gasteiger partial charge is 0.151 e. The molecule has 17 heavy (non-hydrogen) atoms. The molecule has 1 aromatic carbocycles. The standard InChI is InChI=1S/C12H18F2N2O/c1-2-3-5-17-6-4-16-12-10(13)7-9(15)8-11(12)14/h7-8,16H,2-6,15H2,1H3. The predicted molar refractivity (Wildman–Crippen MR) is 65.0 cm³/mol. The van der Waals surface area contributed by atoms with Gasteiger partial charge in [0.15, 0.2) is 11.6 Å². The number of hydrogen-bond acceptors (Lipinski definition) is 3. The molecule has 1 rings (SSSR count). The van der Waals surface area contributed by atoms with Crippen molar-refractivity contribution < 1.29 is 13.5 Å². The Labute approximate surface area is 100.0 Å². The van der Waals surface area contributed by atoms with Gasteiger partial charge in [0.05, 0.1) is 6.61 Å². The third kappa shape index (κ3) is 4.56. The number of nitrogens with one attached hydrogen (secondary N) is 1. The van der Waals surface area contributed by atoms with Gasteiger partial charge in [-0.1, -0.05) is 13.3 Å². The van der Waals surface area contributed by atoms with Crippen LogP contribution in [0.2, 0.25) is 0 Å². The highest BCUT2D eigenvalue weighted by Crippen LogP contribution is 2.21. The van der Waals surface area contributed by atoms with E-state index in [0.29, 0.717) is 19.8 Å². The van der Waals surface area contributed by atoms with Crippen LogP contribution in [0.25, 0.3) is 0 Å². The molecule has 3 nitrogen and oxygen atoms in total. The maximum atomic E-state index is 13.3. The van der Waals surface area contributed by atoms with Gasteiger partial charge in [0.1, 0.15) is 5.69 Å². The van der Waals surface area contributed by atoms with Gasteiger partial charge >= 0.3 is 0 Å². The predicted octanol–water partition coefficient (Wildman–Crippen LogP) is 2.78. The minimum Gasteiger partial charge on any atom is -0.399 e. The van der Waals surface area contributed by atoms with E-state index in [1.807, 2.05) is 0 Å². The first-order chi connectivity index (χ1) is 8.15. The van der Waals surface area contributed by atoms with E-state index in [0.717, 1.165) is 25.0 Å². The fraction of sp³-hybridized carbons (Fsp3) is 0.500. The van der Waals surface area contributed by atoms with Gasteiger partial charge in [-0.2, -0.15) is 0 Å². The van der Waals surface area contributed by atoms with Gasteiger partial charge in [0, 0.05) is 18.8 Å². The molecule has 0 amide bonds. The molecule has 0 spiro atoms. The second kappa shape index (κ2) is 7.06. The third-order valence-electron chi connectivity index (χ3n) is 2.25. The maximum absolute atomic E-state index is 13.3. The molecule has 0 atom stereocenters. The number of rotatable bonds is 7. The lowest BCUT2D eigenvalue weighted by atomic mass is 10.2. The number of ether oxygens (including phenoxy) is 1. The molecule has 0 aliphatic heterocycles. The summed E-state index contributed by atoms with van der Waals surface area (Å²) in [4.78, 5) is 0. The molecule has 0 radical (unpaired) electrons. The molecule has 1 aromatic rings. The number of nitrogen functional groups attached to an aromatic ring is 1. The van der Waals surface area contributed by atoms with Crippen molar-refractivity contribution in [3.8, 4) is 0 Å². The Morgan fingerprint density at radius 3 is 2.47 bits per heavy atom. The molecule has 0 unspecified atom stereocenters. The second-order valence-corrected chi connectivity index (χ2v) is 3.75. The maximum Gasteiger partial charge on any atom is 0.151 e. The van der Waals surface area contributed by atoms with Crippen molar-refractivity contribution in [1.29, 1.82) is 0 Å². The molecular weight excluding hydrogens is 226 g/mol. The van der Waals surface area contributed by atoms with Crippen LogP contribution in [0.3, 0.4) is 0 Å². The Kier molecular flexibility index (Phi) is 5.69. The summed E-state index contributed by atoms with van der Waals surface area (Å²) in [5.74, 6) is -1.37. The number of nitrogens with two attached hydrogens (primary N) is 1. The quantitative estimate of drug-likeness (QED) is 0.572. The van der Waals surface area contributed by atoms with E-state index in [4.69, 9.17) is 10.5 Å². The van der Waals surface area contributed by atoms with E-state index in [1.165, 1.54) is 0 Å². The molecule has 96 valence electrons. The van der Waals surface area contributed by atoms with Crippen molar-refractivity contribution in [2.45, 2.75) is 19.8 Å². The lowest BCUT2D eigenvalue weighted by molar-refractivity contribution is 0.141. The van der Waals surface area contributed by atoms with Crippen LogP contribution < -0.4 is 11.1 Å². The summed E-state index contributed by atoms with van der Waals surface area (Å²) >= 11 is 0. The zero-order chi connectivity index (χ0) is 12.7. The average Bonchev–Trinajstić information content (AvgIpc) is 2.26.